The molecule has 0 radical (unpaired) electrons. The minimum Gasteiger partial charge on any atom is -0.396 e. The van der Waals surface area contributed by atoms with Gasteiger partial charge in [0.05, 0.1) is 11.3 Å². The molecule has 2 N–H and O–H groups in total. The van der Waals surface area contributed by atoms with E-state index in [0.717, 1.165) is 18.9 Å². The van der Waals surface area contributed by atoms with E-state index < -0.39 is 0 Å². The minimum absolute atomic E-state index is 0.505. The number of nitriles is 1. The molecule has 5 heteroatoms. The highest BCUT2D eigenvalue weighted by Gasteiger charge is 2.24. The lowest BCUT2D eigenvalue weighted by Crippen LogP contribution is -2.39. The van der Waals surface area contributed by atoms with Crippen molar-refractivity contribution < 1.29 is 0 Å². The zero-order valence-electron chi connectivity index (χ0n) is 11.6. The Morgan fingerprint density at radius 3 is 3.05 bits per heavy atom. The van der Waals surface area contributed by atoms with Gasteiger partial charge in [0.15, 0.2) is 5.82 Å². The first-order valence-electron chi connectivity index (χ1n) is 6.76. The molecule has 0 spiro atoms. The van der Waals surface area contributed by atoms with E-state index in [2.05, 4.69) is 27.8 Å². The average molecular weight is 259 g/mol. The highest BCUT2D eigenvalue weighted by Crippen LogP contribution is 2.23. The van der Waals surface area contributed by atoms with Crippen LogP contribution >= 0.6 is 0 Å². The van der Waals surface area contributed by atoms with Gasteiger partial charge in [-0.3, -0.25) is 4.90 Å². The Labute approximate surface area is 114 Å². The van der Waals surface area contributed by atoms with Crippen LogP contribution in [0.4, 0.5) is 11.5 Å². The largest absolute Gasteiger partial charge is 0.396 e. The maximum absolute atomic E-state index is 8.82. The van der Waals surface area contributed by atoms with Crippen LogP contribution in [0.2, 0.25) is 0 Å². The molecule has 0 aliphatic carbocycles. The molecule has 102 valence electrons. The first-order valence-corrected chi connectivity index (χ1v) is 6.76. The van der Waals surface area contributed by atoms with Crippen LogP contribution < -0.4 is 10.6 Å². The van der Waals surface area contributed by atoms with Crippen molar-refractivity contribution in [3.63, 3.8) is 0 Å². The van der Waals surface area contributed by atoms with Crippen LogP contribution in [0.5, 0.6) is 0 Å². The third-order valence-corrected chi connectivity index (χ3v) is 3.78. The molecule has 2 rings (SSSR count). The number of likely N-dealkylation sites (N-methyl/N-ethyl adjacent to an activating group) is 2. The van der Waals surface area contributed by atoms with Gasteiger partial charge >= 0.3 is 0 Å². The summed E-state index contributed by atoms with van der Waals surface area (Å²) >= 11 is 0. The monoisotopic (exact) mass is 259 g/mol. The number of aromatic nitrogens is 1. The quantitative estimate of drug-likeness (QED) is 0.886. The lowest BCUT2D eigenvalue weighted by molar-refractivity contribution is 0.270. The van der Waals surface area contributed by atoms with Crippen molar-refractivity contribution >= 4 is 11.5 Å². The molecular weight excluding hydrogens is 238 g/mol. The van der Waals surface area contributed by atoms with Crippen LogP contribution in [0, 0.1) is 11.3 Å². The van der Waals surface area contributed by atoms with Crippen molar-refractivity contribution in [2.75, 3.05) is 37.3 Å². The van der Waals surface area contributed by atoms with Crippen molar-refractivity contribution in [1.82, 2.24) is 9.88 Å². The van der Waals surface area contributed by atoms with E-state index in [1.807, 2.05) is 7.05 Å². The molecule has 0 aromatic carbocycles. The van der Waals surface area contributed by atoms with Crippen LogP contribution in [0.3, 0.4) is 0 Å². The number of anilines is 2. The number of hydrogen-bond donors (Lipinski definition) is 1. The third kappa shape index (κ3) is 2.96. The summed E-state index contributed by atoms with van der Waals surface area (Å²) in [6.07, 6.45) is 4.07. The molecule has 0 saturated carbocycles. The first-order chi connectivity index (χ1) is 9.15. The van der Waals surface area contributed by atoms with E-state index >= 15 is 0 Å². The maximum atomic E-state index is 8.82. The van der Waals surface area contributed by atoms with Crippen LogP contribution in [0.25, 0.3) is 0 Å². The van der Waals surface area contributed by atoms with Gasteiger partial charge in [-0.15, -0.1) is 0 Å². The molecule has 0 amide bonds. The molecule has 1 aromatic heterocycles. The molecule has 19 heavy (non-hydrogen) atoms. The fourth-order valence-corrected chi connectivity index (χ4v) is 2.78. The van der Waals surface area contributed by atoms with Gasteiger partial charge in [0.2, 0.25) is 0 Å². The summed E-state index contributed by atoms with van der Waals surface area (Å²) in [5.41, 5.74) is 7.05. The van der Waals surface area contributed by atoms with E-state index in [0.29, 0.717) is 17.3 Å². The van der Waals surface area contributed by atoms with Crippen molar-refractivity contribution in [2.24, 2.45) is 0 Å². The summed E-state index contributed by atoms with van der Waals surface area (Å²) in [5.74, 6) is 0.766. The molecule has 1 fully saturated rings. The number of nitrogens with zero attached hydrogens (tertiary/aromatic N) is 4. The molecule has 2 heterocycles. The van der Waals surface area contributed by atoms with Crippen molar-refractivity contribution in [1.29, 1.82) is 5.26 Å². The SMILES string of the molecule is CCN1CCCC1CN(C)c1ncc(C#N)cc1N. The number of nitrogen functional groups attached to an aromatic ring is 1. The van der Waals surface area contributed by atoms with Gasteiger partial charge in [-0.2, -0.15) is 5.26 Å². The first kappa shape index (κ1) is 13.6. The summed E-state index contributed by atoms with van der Waals surface area (Å²) in [4.78, 5) is 8.89. The Morgan fingerprint density at radius 1 is 1.63 bits per heavy atom. The lowest BCUT2D eigenvalue weighted by atomic mass is 10.2. The van der Waals surface area contributed by atoms with Gasteiger partial charge in [0, 0.05) is 25.8 Å². The standard InChI is InChI=1S/C14H21N5/c1-3-19-6-4-5-12(19)10-18(2)14-13(16)7-11(8-15)9-17-14/h7,9,12H,3-6,10,16H2,1-2H3. The molecule has 1 atom stereocenters. The normalized spacial score (nSPS) is 19.3. The summed E-state index contributed by atoms with van der Waals surface area (Å²) < 4.78 is 0. The van der Waals surface area contributed by atoms with Gasteiger partial charge < -0.3 is 10.6 Å². The summed E-state index contributed by atoms with van der Waals surface area (Å²) in [6.45, 7) is 5.41. The fourth-order valence-electron chi connectivity index (χ4n) is 2.78. The van der Waals surface area contributed by atoms with Gasteiger partial charge in [-0.25, -0.2) is 4.98 Å². The maximum Gasteiger partial charge on any atom is 0.151 e. The predicted octanol–water partition coefficient (Wildman–Crippen LogP) is 1.46. The summed E-state index contributed by atoms with van der Waals surface area (Å²) in [5, 5.41) is 8.82. The third-order valence-electron chi connectivity index (χ3n) is 3.78. The van der Waals surface area contributed by atoms with E-state index in [4.69, 9.17) is 11.0 Å². The number of rotatable bonds is 4. The summed E-state index contributed by atoms with van der Waals surface area (Å²) in [7, 11) is 2.01. The Kier molecular flexibility index (Phi) is 4.23. The smallest absolute Gasteiger partial charge is 0.151 e. The zero-order valence-corrected chi connectivity index (χ0v) is 11.6. The van der Waals surface area contributed by atoms with Crippen molar-refractivity contribution in [2.45, 2.75) is 25.8 Å². The minimum atomic E-state index is 0.505. The van der Waals surface area contributed by atoms with Gasteiger partial charge in [-0.1, -0.05) is 6.92 Å². The van der Waals surface area contributed by atoms with Crippen LogP contribution in [-0.2, 0) is 0 Å². The van der Waals surface area contributed by atoms with E-state index in [1.54, 1.807) is 12.3 Å². The molecule has 1 saturated heterocycles. The second-order valence-electron chi connectivity index (χ2n) is 5.05. The molecule has 5 nitrogen and oxygen atoms in total. The topological polar surface area (TPSA) is 69.2 Å². The fraction of sp³-hybridized carbons (Fsp3) is 0.571. The molecular formula is C14H21N5. The Balaban J connectivity index is 2.07. The van der Waals surface area contributed by atoms with Gasteiger partial charge in [0.1, 0.15) is 6.07 Å². The second kappa shape index (κ2) is 5.89. The number of nitrogens with two attached hydrogens (primary N) is 1. The molecule has 1 aliphatic heterocycles. The molecule has 1 unspecified atom stereocenters. The van der Waals surface area contributed by atoms with Crippen LogP contribution in [-0.4, -0.2) is 42.6 Å². The Morgan fingerprint density at radius 2 is 2.42 bits per heavy atom. The summed E-state index contributed by atoms with van der Waals surface area (Å²) in [6, 6.07) is 4.32. The van der Waals surface area contributed by atoms with Gasteiger partial charge in [0.25, 0.3) is 0 Å². The number of likely N-dealkylation sites (tertiary alicyclic amines) is 1. The van der Waals surface area contributed by atoms with Crippen LogP contribution in [0.15, 0.2) is 12.3 Å². The highest BCUT2D eigenvalue weighted by atomic mass is 15.2. The van der Waals surface area contributed by atoms with Crippen molar-refractivity contribution in [3.8, 4) is 6.07 Å². The predicted molar refractivity (Wildman–Crippen MR) is 76.9 cm³/mol. The molecule has 1 aliphatic rings. The van der Waals surface area contributed by atoms with E-state index in [9.17, 15) is 0 Å². The highest BCUT2D eigenvalue weighted by molar-refractivity contribution is 5.64. The molecule has 0 bridgehead atoms. The average Bonchev–Trinajstić information content (AvgIpc) is 2.85. The van der Waals surface area contributed by atoms with Crippen LogP contribution in [0.1, 0.15) is 25.3 Å². The van der Waals surface area contributed by atoms with E-state index in [-0.39, 0.29) is 0 Å². The lowest BCUT2D eigenvalue weighted by Gasteiger charge is -2.28. The Hall–Kier alpha value is -1.80. The number of pyridine rings is 1. The second-order valence-corrected chi connectivity index (χ2v) is 5.05. The zero-order chi connectivity index (χ0) is 13.8. The Bertz CT molecular complexity index is 479. The van der Waals surface area contributed by atoms with Crippen molar-refractivity contribution in [3.05, 3.63) is 17.8 Å². The van der Waals surface area contributed by atoms with Gasteiger partial charge in [-0.05, 0) is 32.0 Å². The van der Waals surface area contributed by atoms with E-state index in [1.165, 1.54) is 19.4 Å². The molecule has 1 aromatic rings. The number of hydrogen-bond acceptors (Lipinski definition) is 5.